The van der Waals surface area contributed by atoms with Crippen LogP contribution in [0, 0.1) is 24.7 Å². The molecule has 2 aromatic carbocycles. The molecule has 180 valence electrons. The first kappa shape index (κ1) is 26.9. The third-order valence-electron chi connectivity index (χ3n) is 5.75. The fourth-order valence-electron chi connectivity index (χ4n) is 3.77. The minimum absolute atomic E-state index is 0.0614. The highest BCUT2D eigenvalue weighted by molar-refractivity contribution is 5.76. The quantitative estimate of drug-likeness (QED) is 0.217. The Labute approximate surface area is 205 Å². The molecule has 0 heterocycles. The van der Waals surface area contributed by atoms with Crippen LogP contribution in [-0.4, -0.2) is 37.6 Å². The summed E-state index contributed by atoms with van der Waals surface area (Å²) >= 11 is 0. The van der Waals surface area contributed by atoms with Crippen molar-refractivity contribution in [2.45, 2.75) is 57.8 Å². The highest BCUT2D eigenvalue weighted by atomic mass is 16.5. The molecule has 2 aromatic rings. The van der Waals surface area contributed by atoms with Gasteiger partial charge < -0.3 is 14.4 Å². The van der Waals surface area contributed by atoms with Crippen molar-refractivity contribution < 1.29 is 14.3 Å². The number of nitrogens with zero attached hydrogens (tertiary/aromatic N) is 1. The number of unbranched alkanes of at least 4 members (excludes halogenated alkanes) is 7. The highest BCUT2D eigenvalue weighted by Gasteiger charge is 2.10. The van der Waals surface area contributed by atoms with Crippen molar-refractivity contribution in [3.63, 3.8) is 0 Å². The fraction of sp³-hybridized carbons (Fsp3) is 0.433. The van der Waals surface area contributed by atoms with Gasteiger partial charge in [-0.3, -0.25) is 4.79 Å². The first-order valence-electron chi connectivity index (χ1n) is 12.2. The van der Waals surface area contributed by atoms with Crippen molar-refractivity contribution in [2.24, 2.45) is 0 Å². The largest absolute Gasteiger partial charge is 0.497 e. The van der Waals surface area contributed by atoms with E-state index in [2.05, 4.69) is 36.1 Å². The maximum atomic E-state index is 12.1. The number of benzene rings is 2. The number of hydrogen-bond acceptors (Lipinski definition) is 3. The molecule has 0 atom stereocenters. The van der Waals surface area contributed by atoms with Gasteiger partial charge in [0.2, 0.25) is 5.91 Å². The van der Waals surface area contributed by atoms with Gasteiger partial charge in [-0.15, -0.1) is 12.8 Å². The predicted octanol–water partition coefficient (Wildman–Crippen LogP) is 6.35. The number of hydrogen-bond donors (Lipinski definition) is 0. The zero-order valence-corrected chi connectivity index (χ0v) is 20.4. The SMILES string of the molecule is C#CCN(CC#C)C(=O)CCCCCCCCCCOc1ccc(-c2ccc(OC)cc2)cc1. The summed E-state index contributed by atoms with van der Waals surface area (Å²) in [4.78, 5) is 13.7. The zero-order chi connectivity index (χ0) is 24.4. The predicted molar refractivity (Wildman–Crippen MR) is 140 cm³/mol. The molecular formula is C30H37NO3. The summed E-state index contributed by atoms with van der Waals surface area (Å²) in [6, 6.07) is 16.3. The van der Waals surface area contributed by atoms with Gasteiger partial charge in [0.15, 0.2) is 0 Å². The van der Waals surface area contributed by atoms with E-state index in [9.17, 15) is 4.79 Å². The molecule has 0 fully saturated rings. The summed E-state index contributed by atoms with van der Waals surface area (Å²) in [5, 5.41) is 0. The second-order valence-corrected chi connectivity index (χ2v) is 8.34. The second kappa shape index (κ2) is 16.3. The molecule has 0 radical (unpaired) electrons. The highest BCUT2D eigenvalue weighted by Crippen LogP contribution is 2.24. The number of terminal acetylenes is 2. The summed E-state index contributed by atoms with van der Waals surface area (Å²) in [6.07, 6.45) is 20.1. The molecule has 0 spiro atoms. The van der Waals surface area contributed by atoms with E-state index in [1.54, 1.807) is 12.0 Å². The van der Waals surface area contributed by atoms with E-state index in [4.69, 9.17) is 22.3 Å². The van der Waals surface area contributed by atoms with Crippen LogP contribution >= 0.6 is 0 Å². The van der Waals surface area contributed by atoms with Gasteiger partial charge in [-0.2, -0.15) is 0 Å². The summed E-state index contributed by atoms with van der Waals surface area (Å²) in [7, 11) is 1.67. The molecule has 0 aliphatic carbocycles. The first-order chi connectivity index (χ1) is 16.7. The second-order valence-electron chi connectivity index (χ2n) is 8.34. The van der Waals surface area contributed by atoms with E-state index in [1.807, 2.05) is 24.3 Å². The molecule has 0 unspecified atom stereocenters. The minimum atomic E-state index is 0.0614. The topological polar surface area (TPSA) is 38.8 Å². The van der Waals surface area contributed by atoms with Gasteiger partial charge >= 0.3 is 0 Å². The molecule has 34 heavy (non-hydrogen) atoms. The van der Waals surface area contributed by atoms with Crippen molar-refractivity contribution in [1.82, 2.24) is 4.90 Å². The lowest BCUT2D eigenvalue weighted by Gasteiger charge is -2.17. The zero-order valence-electron chi connectivity index (χ0n) is 20.4. The number of ether oxygens (including phenoxy) is 2. The Hall–Kier alpha value is -3.37. The summed E-state index contributed by atoms with van der Waals surface area (Å²) in [5.41, 5.74) is 2.32. The first-order valence-corrected chi connectivity index (χ1v) is 12.2. The smallest absolute Gasteiger partial charge is 0.224 e. The molecule has 4 heteroatoms. The average Bonchev–Trinajstić information content (AvgIpc) is 2.87. The maximum absolute atomic E-state index is 12.1. The summed E-state index contributed by atoms with van der Waals surface area (Å²) in [5.74, 6) is 6.82. The molecule has 0 N–H and O–H groups in total. The van der Waals surface area contributed by atoms with Crippen molar-refractivity contribution >= 4 is 5.91 Å². The van der Waals surface area contributed by atoms with Crippen LogP contribution in [0.1, 0.15) is 57.8 Å². The number of carbonyl (C=O) groups is 1. The monoisotopic (exact) mass is 459 g/mol. The Morgan fingerprint density at radius 2 is 1.21 bits per heavy atom. The normalized spacial score (nSPS) is 10.2. The van der Waals surface area contributed by atoms with Gasteiger partial charge in [0.1, 0.15) is 11.5 Å². The third-order valence-corrected chi connectivity index (χ3v) is 5.75. The van der Waals surface area contributed by atoms with Crippen molar-refractivity contribution in [3.05, 3.63) is 48.5 Å². The Bertz CT molecular complexity index is 904. The molecule has 2 rings (SSSR count). The number of amides is 1. The Kier molecular flexibility index (Phi) is 12.9. The van der Waals surface area contributed by atoms with E-state index < -0.39 is 0 Å². The van der Waals surface area contributed by atoms with Gasteiger partial charge in [-0.1, -0.05) is 74.6 Å². The van der Waals surface area contributed by atoms with Crippen LogP contribution in [0.2, 0.25) is 0 Å². The molecule has 0 aromatic heterocycles. The standard InChI is InChI=1S/C30H37NO3/c1-4-23-31(24-5-2)30(32)14-12-10-8-6-7-9-11-13-25-34-29-21-17-27(18-22-29)26-15-19-28(33-3)20-16-26/h1-2,15-22H,6-14,23-25H2,3H3. The van der Waals surface area contributed by atoms with Gasteiger partial charge in [0, 0.05) is 6.42 Å². The van der Waals surface area contributed by atoms with Crippen LogP contribution in [0.25, 0.3) is 11.1 Å². The molecule has 4 nitrogen and oxygen atoms in total. The molecule has 0 bridgehead atoms. The lowest BCUT2D eigenvalue weighted by atomic mass is 10.1. The van der Waals surface area contributed by atoms with Crippen LogP contribution < -0.4 is 9.47 Å². The molecule has 0 aliphatic heterocycles. The molecule has 1 amide bonds. The minimum Gasteiger partial charge on any atom is -0.497 e. The lowest BCUT2D eigenvalue weighted by Crippen LogP contribution is -2.31. The van der Waals surface area contributed by atoms with Crippen LogP contribution in [0.3, 0.4) is 0 Å². The number of carbonyl (C=O) groups excluding carboxylic acids is 1. The van der Waals surface area contributed by atoms with Gasteiger partial charge in [-0.05, 0) is 48.2 Å². The third kappa shape index (κ3) is 10.1. The van der Waals surface area contributed by atoms with E-state index in [0.717, 1.165) is 54.9 Å². The van der Waals surface area contributed by atoms with Gasteiger partial charge in [0.25, 0.3) is 0 Å². The number of rotatable bonds is 16. The van der Waals surface area contributed by atoms with E-state index in [0.29, 0.717) is 19.5 Å². The van der Waals surface area contributed by atoms with Crippen LogP contribution in [0.5, 0.6) is 11.5 Å². The van der Waals surface area contributed by atoms with Crippen LogP contribution in [0.4, 0.5) is 0 Å². The molecular weight excluding hydrogens is 422 g/mol. The van der Waals surface area contributed by atoms with Gasteiger partial charge in [0.05, 0.1) is 26.8 Å². The Balaban J connectivity index is 1.48. The number of methoxy groups -OCH3 is 1. The summed E-state index contributed by atoms with van der Waals surface area (Å²) in [6.45, 7) is 1.33. The van der Waals surface area contributed by atoms with Gasteiger partial charge in [-0.25, -0.2) is 0 Å². The Morgan fingerprint density at radius 3 is 1.71 bits per heavy atom. The molecule has 0 saturated heterocycles. The Morgan fingerprint density at radius 1 is 0.735 bits per heavy atom. The van der Waals surface area contributed by atoms with Crippen LogP contribution in [-0.2, 0) is 4.79 Å². The lowest BCUT2D eigenvalue weighted by molar-refractivity contribution is -0.130. The van der Waals surface area contributed by atoms with Crippen LogP contribution in [0.15, 0.2) is 48.5 Å². The molecule has 0 aliphatic rings. The fourth-order valence-corrected chi connectivity index (χ4v) is 3.77. The van der Waals surface area contributed by atoms with Crippen molar-refractivity contribution in [1.29, 1.82) is 0 Å². The van der Waals surface area contributed by atoms with Crippen molar-refractivity contribution in [3.8, 4) is 47.3 Å². The van der Waals surface area contributed by atoms with E-state index >= 15 is 0 Å². The average molecular weight is 460 g/mol. The van der Waals surface area contributed by atoms with Crippen molar-refractivity contribution in [2.75, 3.05) is 26.8 Å². The molecule has 0 saturated carbocycles. The van der Waals surface area contributed by atoms with E-state index in [1.165, 1.54) is 25.7 Å². The summed E-state index contributed by atoms with van der Waals surface area (Å²) < 4.78 is 11.1. The maximum Gasteiger partial charge on any atom is 0.224 e. The van der Waals surface area contributed by atoms with E-state index in [-0.39, 0.29) is 5.91 Å².